The summed E-state index contributed by atoms with van der Waals surface area (Å²) in [6, 6.07) is 3.29. The normalized spacial score (nSPS) is 19.6. The molecule has 0 spiro atoms. The number of amides is 1. The highest BCUT2D eigenvalue weighted by atomic mass is 16.5. The molecule has 0 bridgehead atoms. The van der Waals surface area contributed by atoms with Gasteiger partial charge in [0, 0.05) is 31.0 Å². The smallest absolute Gasteiger partial charge is 0.306 e. The first-order valence-corrected chi connectivity index (χ1v) is 5.69. The molecule has 1 atom stereocenters. The van der Waals surface area contributed by atoms with E-state index in [0.29, 0.717) is 25.3 Å². The van der Waals surface area contributed by atoms with Gasteiger partial charge < -0.3 is 14.7 Å². The second-order valence-corrected chi connectivity index (χ2v) is 4.08. The molecule has 0 radical (unpaired) electrons. The van der Waals surface area contributed by atoms with Crippen LogP contribution in [0.1, 0.15) is 16.8 Å². The van der Waals surface area contributed by atoms with E-state index >= 15 is 0 Å². The number of rotatable bonds is 3. The zero-order chi connectivity index (χ0) is 13.0. The molecule has 0 aromatic carbocycles. The summed E-state index contributed by atoms with van der Waals surface area (Å²) in [5, 5.41) is 8.72. The molecule has 1 aromatic rings. The molecule has 96 valence electrons. The summed E-state index contributed by atoms with van der Waals surface area (Å²) >= 11 is 0. The van der Waals surface area contributed by atoms with Crippen LogP contribution in [-0.2, 0) is 9.53 Å². The molecule has 1 N–H and O–H groups in total. The predicted molar refractivity (Wildman–Crippen MR) is 62.1 cm³/mol. The molecule has 1 unspecified atom stereocenters. The number of morpholine rings is 1. The van der Waals surface area contributed by atoms with Crippen LogP contribution in [0.3, 0.4) is 0 Å². The summed E-state index contributed by atoms with van der Waals surface area (Å²) in [6.07, 6.45) is 2.60. The second kappa shape index (κ2) is 5.59. The molecular formula is C12H14N2O4. The molecule has 1 aliphatic rings. The molecule has 2 heterocycles. The van der Waals surface area contributed by atoms with Crippen molar-refractivity contribution < 1.29 is 19.4 Å². The maximum Gasteiger partial charge on any atom is 0.306 e. The van der Waals surface area contributed by atoms with Gasteiger partial charge in [-0.1, -0.05) is 0 Å². The fraction of sp³-hybridized carbons (Fsp3) is 0.417. The van der Waals surface area contributed by atoms with Gasteiger partial charge in [-0.05, 0) is 12.1 Å². The Morgan fingerprint density at radius 2 is 2.17 bits per heavy atom. The Morgan fingerprint density at radius 1 is 1.44 bits per heavy atom. The Balaban J connectivity index is 2.00. The van der Waals surface area contributed by atoms with E-state index in [9.17, 15) is 9.59 Å². The van der Waals surface area contributed by atoms with Gasteiger partial charge in [0.2, 0.25) is 0 Å². The van der Waals surface area contributed by atoms with Crippen LogP contribution in [0.25, 0.3) is 0 Å². The van der Waals surface area contributed by atoms with Gasteiger partial charge in [0.05, 0.1) is 19.1 Å². The van der Waals surface area contributed by atoms with Crippen molar-refractivity contribution in [1.82, 2.24) is 9.88 Å². The quantitative estimate of drug-likeness (QED) is 0.839. The minimum atomic E-state index is -0.918. The maximum absolute atomic E-state index is 12.1. The second-order valence-electron chi connectivity index (χ2n) is 4.08. The van der Waals surface area contributed by atoms with Crippen LogP contribution < -0.4 is 0 Å². The van der Waals surface area contributed by atoms with Gasteiger partial charge in [-0.25, -0.2) is 0 Å². The highest BCUT2D eigenvalue weighted by molar-refractivity contribution is 5.94. The molecule has 1 saturated heterocycles. The summed E-state index contributed by atoms with van der Waals surface area (Å²) < 4.78 is 5.32. The van der Waals surface area contributed by atoms with Gasteiger partial charge in [0.1, 0.15) is 0 Å². The zero-order valence-corrected chi connectivity index (χ0v) is 9.78. The van der Waals surface area contributed by atoms with Crippen molar-refractivity contribution in [2.75, 3.05) is 19.7 Å². The van der Waals surface area contributed by atoms with Crippen LogP contribution in [0.15, 0.2) is 24.5 Å². The largest absolute Gasteiger partial charge is 0.481 e. The number of hydrogen-bond acceptors (Lipinski definition) is 4. The molecule has 0 aliphatic carbocycles. The third-order valence-corrected chi connectivity index (χ3v) is 2.76. The Morgan fingerprint density at radius 3 is 2.83 bits per heavy atom. The van der Waals surface area contributed by atoms with Crippen LogP contribution in [0.5, 0.6) is 0 Å². The number of aromatic nitrogens is 1. The van der Waals surface area contributed by atoms with E-state index in [0.717, 1.165) is 0 Å². The first-order valence-electron chi connectivity index (χ1n) is 5.69. The summed E-state index contributed by atoms with van der Waals surface area (Å²) in [5.41, 5.74) is 0.556. The summed E-state index contributed by atoms with van der Waals surface area (Å²) in [4.78, 5) is 28.2. The van der Waals surface area contributed by atoms with E-state index < -0.39 is 12.1 Å². The predicted octanol–water partition coefficient (Wildman–Crippen LogP) is 0.397. The van der Waals surface area contributed by atoms with Crippen LogP contribution in [0.4, 0.5) is 0 Å². The first kappa shape index (κ1) is 12.5. The van der Waals surface area contributed by atoms with Gasteiger partial charge in [0.25, 0.3) is 5.91 Å². The first-order chi connectivity index (χ1) is 8.66. The lowest BCUT2D eigenvalue weighted by atomic mass is 10.1. The number of carboxylic acids is 1. The Bertz CT molecular complexity index is 435. The lowest BCUT2D eigenvalue weighted by molar-refractivity contribution is -0.141. The van der Waals surface area contributed by atoms with Gasteiger partial charge in [0.15, 0.2) is 0 Å². The van der Waals surface area contributed by atoms with Crippen molar-refractivity contribution in [3.63, 3.8) is 0 Å². The fourth-order valence-corrected chi connectivity index (χ4v) is 1.90. The molecule has 0 saturated carbocycles. The maximum atomic E-state index is 12.1. The topological polar surface area (TPSA) is 79.7 Å². The van der Waals surface area contributed by atoms with Gasteiger partial charge >= 0.3 is 5.97 Å². The number of aliphatic carboxylic acids is 1. The van der Waals surface area contributed by atoms with Crippen LogP contribution >= 0.6 is 0 Å². The van der Waals surface area contributed by atoms with E-state index in [1.807, 2.05) is 0 Å². The van der Waals surface area contributed by atoms with E-state index in [1.54, 1.807) is 29.4 Å². The van der Waals surface area contributed by atoms with Crippen LogP contribution in [0.2, 0.25) is 0 Å². The number of carboxylic acid groups (broad SMARTS) is 1. The molecule has 6 heteroatoms. The summed E-state index contributed by atoms with van der Waals surface area (Å²) in [5.74, 6) is -1.03. The molecule has 6 nitrogen and oxygen atoms in total. The summed E-state index contributed by atoms with van der Waals surface area (Å²) in [6.45, 7) is 1.17. The Labute approximate surface area is 104 Å². The van der Waals surface area contributed by atoms with Crippen LogP contribution in [-0.4, -0.2) is 52.7 Å². The number of carbonyl (C=O) groups is 2. The molecule has 2 rings (SSSR count). The highest BCUT2D eigenvalue weighted by Gasteiger charge is 2.26. The molecule has 1 aliphatic heterocycles. The van der Waals surface area contributed by atoms with E-state index in [-0.39, 0.29) is 12.3 Å². The van der Waals surface area contributed by atoms with Gasteiger partial charge in [-0.2, -0.15) is 0 Å². The van der Waals surface area contributed by atoms with Crippen molar-refractivity contribution >= 4 is 11.9 Å². The number of carbonyl (C=O) groups excluding carboxylic acids is 1. The number of ether oxygens (including phenoxy) is 1. The minimum absolute atomic E-state index is 0.0832. The molecule has 1 amide bonds. The van der Waals surface area contributed by atoms with Gasteiger partial charge in [-0.3, -0.25) is 14.6 Å². The monoisotopic (exact) mass is 250 g/mol. The third-order valence-electron chi connectivity index (χ3n) is 2.76. The van der Waals surface area contributed by atoms with Crippen LogP contribution in [0, 0.1) is 0 Å². The van der Waals surface area contributed by atoms with Gasteiger partial charge in [-0.15, -0.1) is 0 Å². The third kappa shape index (κ3) is 3.04. The lowest BCUT2D eigenvalue weighted by Crippen LogP contribution is -2.46. The van der Waals surface area contributed by atoms with E-state index in [4.69, 9.17) is 9.84 Å². The van der Waals surface area contributed by atoms with Crippen molar-refractivity contribution in [3.05, 3.63) is 30.1 Å². The fourth-order valence-electron chi connectivity index (χ4n) is 1.90. The molecular weight excluding hydrogens is 236 g/mol. The average Bonchev–Trinajstić information content (AvgIpc) is 2.38. The number of pyridine rings is 1. The molecule has 1 fully saturated rings. The number of nitrogens with zero attached hydrogens (tertiary/aromatic N) is 2. The number of hydrogen-bond donors (Lipinski definition) is 1. The lowest BCUT2D eigenvalue weighted by Gasteiger charge is -2.32. The van der Waals surface area contributed by atoms with Crippen molar-refractivity contribution in [2.45, 2.75) is 12.5 Å². The van der Waals surface area contributed by atoms with E-state index in [2.05, 4.69) is 4.98 Å². The molecule has 1 aromatic heterocycles. The van der Waals surface area contributed by atoms with Crippen molar-refractivity contribution in [2.24, 2.45) is 0 Å². The Hall–Kier alpha value is -1.95. The highest BCUT2D eigenvalue weighted by Crippen LogP contribution is 2.12. The minimum Gasteiger partial charge on any atom is -0.481 e. The SMILES string of the molecule is O=C(O)CC1CN(C(=O)c2ccncc2)CCO1. The van der Waals surface area contributed by atoms with Crippen molar-refractivity contribution in [1.29, 1.82) is 0 Å². The zero-order valence-electron chi connectivity index (χ0n) is 9.78. The van der Waals surface area contributed by atoms with E-state index in [1.165, 1.54) is 0 Å². The van der Waals surface area contributed by atoms with Crippen molar-refractivity contribution in [3.8, 4) is 0 Å². The Kier molecular flexibility index (Phi) is 3.88. The average molecular weight is 250 g/mol. The standard InChI is InChI=1S/C12H14N2O4/c15-11(16)7-10-8-14(5-6-18-10)12(17)9-1-3-13-4-2-9/h1-4,10H,5-8H2,(H,15,16). The summed E-state index contributed by atoms with van der Waals surface area (Å²) in [7, 11) is 0. The molecule has 18 heavy (non-hydrogen) atoms.